The zero-order chi connectivity index (χ0) is 13.9. The van der Waals surface area contributed by atoms with E-state index in [-0.39, 0.29) is 11.9 Å². The third kappa shape index (κ3) is 3.04. The smallest absolute Gasteiger partial charge is 0.220 e. The Morgan fingerprint density at radius 1 is 1.40 bits per heavy atom. The Kier molecular flexibility index (Phi) is 4.06. The van der Waals surface area contributed by atoms with E-state index in [9.17, 15) is 4.79 Å². The van der Waals surface area contributed by atoms with Gasteiger partial charge in [0, 0.05) is 6.42 Å². The fourth-order valence-electron chi connectivity index (χ4n) is 3.46. The molecule has 0 saturated carbocycles. The Bertz CT molecular complexity index is 492. The summed E-state index contributed by atoms with van der Waals surface area (Å²) in [5.41, 5.74) is 4.05. The van der Waals surface area contributed by atoms with E-state index in [1.807, 2.05) is 0 Å². The van der Waals surface area contributed by atoms with Crippen LogP contribution in [-0.4, -0.2) is 19.0 Å². The summed E-state index contributed by atoms with van der Waals surface area (Å²) in [5, 5.41) is 6.57. The van der Waals surface area contributed by atoms with Gasteiger partial charge >= 0.3 is 0 Å². The first-order valence-corrected chi connectivity index (χ1v) is 7.82. The van der Waals surface area contributed by atoms with E-state index in [0.717, 1.165) is 32.4 Å². The Morgan fingerprint density at radius 3 is 3.10 bits per heavy atom. The number of nitrogens with one attached hydrogen (secondary N) is 2. The molecule has 1 aromatic carbocycles. The van der Waals surface area contributed by atoms with Crippen LogP contribution in [0.4, 0.5) is 0 Å². The first-order chi connectivity index (χ1) is 9.72. The molecule has 0 aromatic heterocycles. The van der Waals surface area contributed by atoms with Crippen LogP contribution >= 0.6 is 0 Å². The minimum absolute atomic E-state index is 0.218. The average molecular weight is 272 g/mol. The van der Waals surface area contributed by atoms with Gasteiger partial charge in [0.25, 0.3) is 0 Å². The summed E-state index contributed by atoms with van der Waals surface area (Å²) in [6.45, 7) is 4.32. The maximum atomic E-state index is 12.1. The predicted molar refractivity (Wildman–Crippen MR) is 80.6 cm³/mol. The topological polar surface area (TPSA) is 41.1 Å². The van der Waals surface area contributed by atoms with Gasteiger partial charge in [-0.2, -0.15) is 0 Å². The van der Waals surface area contributed by atoms with Crippen LogP contribution in [0.1, 0.15) is 48.4 Å². The number of benzene rings is 1. The summed E-state index contributed by atoms with van der Waals surface area (Å²) in [7, 11) is 0. The molecule has 1 aliphatic carbocycles. The van der Waals surface area contributed by atoms with E-state index < -0.39 is 0 Å². The molecule has 2 unspecified atom stereocenters. The highest BCUT2D eigenvalue weighted by Crippen LogP contribution is 2.31. The number of hydrogen-bond donors (Lipinski definition) is 2. The lowest BCUT2D eigenvalue weighted by Gasteiger charge is -2.15. The highest BCUT2D eigenvalue weighted by atomic mass is 16.1. The summed E-state index contributed by atoms with van der Waals surface area (Å²) in [6.07, 6.45) is 5.05. The zero-order valence-corrected chi connectivity index (χ0v) is 12.2. The van der Waals surface area contributed by atoms with Gasteiger partial charge in [0.2, 0.25) is 5.91 Å². The maximum Gasteiger partial charge on any atom is 0.220 e. The Balaban J connectivity index is 1.52. The maximum absolute atomic E-state index is 12.1. The average Bonchev–Trinajstić information content (AvgIpc) is 3.06. The molecule has 3 heteroatoms. The minimum atomic E-state index is 0.218. The van der Waals surface area contributed by atoms with Crippen molar-refractivity contribution in [3.05, 3.63) is 34.9 Å². The third-order valence-corrected chi connectivity index (χ3v) is 4.65. The number of aryl methyl sites for hydroxylation is 2. The van der Waals surface area contributed by atoms with Crippen LogP contribution in [0.3, 0.4) is 0 Å². The number of hydrogen-bond acceptors (Lipinski definition) is 2. The molecule has 3 rings (SSSR count). The summed E-state index contributed by atoms with van der Waals surface area (Å²) < 4.78 is 0. The second kappa shape index (κ2) is 5.96. The SMILES string of the molecule is Cc1ccc2c(c1)CCC2NC(=O)CCC1CCNC1. The summed E-state index contributed by atoms with van der Waals surface area (Å²) >= 11 is 0. The van der Waals surface area contributed by atoms with Gasteiger partial charge in [-0.25, -0.2) is 0 Å². The van der Waals surface area contributed by atoms with E-state index in [0.29, 0.717) is 12.3 Å². The number of rotatable bonds is 4. The summed E-state index contributed by atoms with van der Waals surface area (Å²) in [4.78, 5) is 12.1. The molecule has 2 atom stereocenters. The molecule has 3 nitrogen and oxygen atoms in total. The number of fused-ring (bicyclic) bond motifs is 1. The Labute approximate surface area is 121 Å². The minimum Gasteiger partial charge on any atom is -0.349 e. The van der Waals surface area contributed by atoms with Gasteiger partial charge in [0.1, 0.15) is 0 Å². The van der Waals surface area contributed by atoms with E-state index >= 15 is 0 Å². The van der Waals surface area contributed by atoms with Gasteiger partial charge in [-0.3, -0.25) is 4.79 Å². The molecule has 1 amide bonds. The lowest BCUT2D eigenvalue weighted by molar-refractivity contribution is -0.122. The first kappa shape index (κ1) is 13.6. The van der Waals surface area contributed by atoms with Crippen molar-refractivity contribution in [1.29, 1.82) is 0 Å². The Hall–Kier alpha value is -1.35. The fourth-order valence-corrected chi connectivity index (χ4v) is 3.46. The van der Waals surface area contributed by atoms with Crippen LogP contribution in [0.2, 0.25) is 0 Å². The molecule has 2 N–H and O–H groups in total. The highest BCUT2D eigenvalue weighted by Gasteiger charge is 2.24. The molecule has 0 bridgehead atoms. The van der Waals surface area contributed by atoms with Crippen LogP contribution in [0.25, 0.3) is 0 Å². The van der Waals surface area contributed by atoms with Gasteiger partial charge < -0.3 is 10.6 Å². The molecular weight excluding hydrogens is 248 g/mol. The van der Waals surface area contributed by atoms with Crippen molar-refractivity contribution in [2.75, 3.05) is 13.1 Å². The normalized spacial score (nSPS) is 24.6. The van der Waals surface area contributed by atoms with Gasteiger partial charge in [-0.1, -0.05) is 23.8 Å². The molecule has 0 radical (unpaired) electrons. The highest BCUT2D eigenvalue weighted by molar-refractivity contribution is 5.76. The van der Waals surface area contributed by atoms with Crippen LogP contribution in [0, 0.1) is 12.8 Å². The molecule has 2 aliphatic rings. The fraction of sp³-hybridized carbons (Fsp3) is 0.588. The first-order valence-electron chi connectivity index (χ1n) is 7.82. The monoisotopic (exact) mass is 272 g/mol. The molecule has 1 aromatic rings. The van der Waals surface area contributed by atoms with Crippen molar-refractivity contribution >= 4 is 5.91 Å². The molecule has 1 heterocycles. The summed E-state index contributed by atoms with van der Waals surface area (Å²) in [5.74, 6) is 0.912. The van der Waals surface area contributed by atoms with Crippen molar-refractivity contribution in [2.24, 2.45) is 5.92 Å². The number of amides is 1. The van der Waals surface area contributed by atoms with Crippen LogP contribution in [0.15, 0.2) is 18.2 Å². The number of carbonyl (C=O) groups excluding carboxylic acids is 1. The second-order valence-corrected chi connectivity index (χ2v) is 6.26. The van der Waals surface area contributed by atoms with Crippen LogP contribution < -0.4 is 10.6 Å². The summed E-state index contributed by atoms with van der Waals surface area (Å²) in [6, 6.07) is 6.82. The van der Waals surface area contributed by atoms with Crippen molar-refractivity contribution in [3.63, 3.8) is 0 Å². The molecule has 1 fully saturated rings. The van der Waals surface area contributed by atoms with Crippen molar-refractivity contribution in [2.45, 2.75) is 45.1 Å². The Morgan fingerprint density at radius 2 is 2.30 bits per heavy atom. The van der Waals surface area contributed by atoms with E-state index in [2.05, 4.69) is 35.8 Å². The van der Waals surface area contributed by atoms with E-state index in [1.54, 1.807) is 0 Å². The van der Waals surface area contributed by atoms with Gasteiger partial charge in [-0.15, -0.1) is 0 Å². The van der Waals surface area contributed by atoms with E-state index in [4.69, 9.17) is 0 Å². The molecule has 1 saturated heterocycles. The standard InChI is InChI=1S/C17H24N2O/c1-12-2-5-15-14(10-12)4-6-16(15)19-17(20)7-3-13-8-9-18-11-13/h2,5,10,13,16,18H,3-4,6-9,11H2,1H3,(H,19,20). The van der Waals surface area contributed by atoms with Gasteiger partial charge in [0.15, 0.2) is 0 Å². The molecule has 20 heavy (non-hydrogen) atoms. The predicted octanol–water partition coefficient (Wildman–Crippen LogP) is 2.49. The quantitative estimate of drug-likeness (QED) is 0.884. The van der Waals surface area contributed by atoms with Gasteiger partial charge in [-0.05, 0) is 62.7 Å². The number of carbonyl (C=O) groups is 1. The van der Waals surface area contributed by atoms with Crippen molar-refractivity contribution < 1.29 is 4.79 Å². The van der Waals surface area contributed by atoms with E-state index in [1.165, 1.54) is 23.1 Å². The largest absolute Gasteiger partial charge is 0.349 e. The van der Waals surface area contributed by atoms with Crippen molar-refractivity contribution in [1.82, 2.24) is 10.6 Å². The lowest BCUT2D eigenvalue weighted by Crippen LogP contribution is -2.27. The molecule has 0 spiro atoms. The lowest BCUT2D eigenvalue weighted by atomic mass is 10.0. The molecule has 1 aliphatic heterocycles. The zero-order valence-electron chi connectivity index (χ0n) is 12.2. The third-order valence-electron chi connectivity index (χ3n) is 4.65. The second-order valence-electron chi connectivity index (χ2n) is 6.26. The van der Waals surface area contributed by atoms with Crippen molar-refractivity contribution in [3.8, 4) is 0 Å². The van der Waals surface area contributed by atoms with Crippen LogP contribution in [-0.2, 0) is 11.2 Å². The van der Waals surface area contributed by atoms with Crippen LogP contribution in [0.5, 0.6) is 0 Å². The molecule has 108 valence electrons. The van der Waals surface area contributed by atoms with Gasteiger partial charge in [0.05, 0.1) is 6.04 Å². The molecular formula is C17H24N2O.